The normalized spacial score (nSPS) is 13.1. The molecule has 1 aromatic rings. The summed E-state index contributed by atoms with van der Waals surface area (Å²) >= 11 is 7.05. The molecule has 0 amide bonds. The molecule has 0 aliphatic rings. The number of halogens is 4. The maximum absolute atomic E-state index is 12.6. The van der Waals surface area contributed by atoms with Crippen LogP contribution in [-0.2, 0) is 6.18 Å². The first kappa shape index (κ1) is 15.2. The predicted molar refractivity (Wildman–Crippen MR) is 66.8 cm³/mol. The van der Waals surface area contributed by atoms with Gasteiger partial charge >= 0.3 is 6.18 Å². The Hall–Kier alpha value is -0.860. The van der Waals surface area contributed by atoms with Gasteiger partial charge in [0.1, 0.15) is 0 Å². The third-order valence-electron chi connectivity index (χ3n) is 2.21. The molecule has 0 heterocycles. The van der Waals surface area contributed by atoms with E-state index >= 15 is 0 Å². The standard InChI is InChI=1S/C12H11ClF3NS/c1-8(5-13)7-18-10-2-3-11(12(14,15)16)9(4-10)6-17/h2-4,8H,5,7H2,1H3. The molecule has 1 unspecified atom stereocenters. The van der Waals surface area contributed by atoms with Crippen LogP contribution in [0.5, 0.6) is 0 Å². The molecule has 0 saturated heterocycles. The lowest BCUT2D eigenvalue weighted by Crippen LogP contribution is -2.07. The Morgan fingerprint density at radius 2 is 2.11 bits per heavy atom. The minimum atomic E-state index is -4.49. The highest BCUT2D eigenvalue weighted by Crippen LogP contribution is 2.34. The van der Waals surface area contributed by atoms with Crippen molar-refractivity contribution in [2.75, 3.05) is 11.6 Å². The van der Waals surface area contributed by atoms with Gasteiger partial charge in [-0.3, -0.25) is 0 Å². The zero-order valence-electron chi connectivity index (χ0n) is 9.59. The molecular weight excluding hydrogens is 283 g/mol. The topological polar surface area (TPSA) is 23.8 Å². The van der Waals surface area contributed by atoms with Gasteiger partial charge in [0.15, 0.2) is 0 Å². The van der Waals surface area contributed by atoms with Crippen molar-refractivity contribution >= 4 is 23.4 Å². The Balaban J connectivity index is 2.90. The molecule has 0 fully saturated rings. The molecule has 1 rings (SSSR count). The van der Waals surface area contributed by atoms with Crippen LogP contribution in [0.3, 0.4) is 0 Å². The highest BCUT2D eigenvalue weighted by molar-refractivity contribution is 7.99. The fourth-order valence-electron chi connectivity index (χ4n) is 1.24. The van der Waals surface area contributed by atoms with Crippen molar-refractivity contribution in [3.63, 3.8) is 0 Å². The SMILES string of the molecule is CC(CCl)CSc1ccc(C(F)(F)F)c(C#N)c1. The number of hydrogen-bond donors (Lipinski definition) is 0. The fourth-order valence-corrected chi connectivity index (χ4v) is 2.43. The maximum atomic E-state index is 12.6. The van der Waals surface area contributed by atoms with E-state index in [-0.39, 0.29) is 11.5 Å². The molecule has 1 aromatic carbocycles. The lowest BCUT2D eigenvalue weighted by atomic mass is 10.1. The summed E-state index contributed by atoms with van der Waals surface area (Å²) in [6.07, 6.45) is -4.49. The van der Waals surface area contributed by atoms with Crippen LogP contribution in [0, 0.1) is 17.2 Å². The smallest absolute Gasteiger partial charge is 0.192 e. The van der Waals surface area contributed by atoms with Crippen LogP contribution in [0.25, 0.3) is 0 Å². The maximum Gasteiger partial charge on any atom is 0.417 e. The Morgan fingerprint density at radius 1 is 1.44 bits per heavy atom. The van der Waals surface area contributed by atoms with Crippen LogP contribution in [-0.4, -0.2) is 11.6 Å². The van der Waals surface area contributed by atoms with Crippen molar-refractivity contribution in [3.05, 3.63) is 29.3 Å². The van der Waals surface area contributed by atoms with Gasteiger partial charge in [-0.05, 0) is 24.1 Å². The minimum absolute atomic E-state index is 0.268. The first-order chi connectivity index (χ1) is 8.38. The van der Waals surface area contributed by atoms with E-state index in [0.717, 1.165) is 6.07 Å². The van der Waals surface area contributed by atoms with Crippen LogP contribution in [0.2, 0.25) is 0 Å². The largest absolute Gasteiger partial charge is 0.417 e. The molecule has 0 radical (unpaired) electrons. The molecule has 0 saturated carbocycles. The van der Waals surface area contributed by atoms with Crippen molar-refractivity contribution in [2.24, 2.45) is 5.92 Å². The zero-order chi connectivity index (χ0) is 13.8. The van der Waals surface area contributed by atoms with Crippen molar-refractivity contribution in [1.82, 2.24) is 0 Å². The number of benzene rings is 1. The predicted octanol–water partition coefficient (Wildman–Crippen LogP) is 4.54. The molecule has 0 aromatic heterocycles. The van der Waals surface area contributed by atoms with Gasteiger partial charge in [0.05, 0.1) is 17.2 Å². The minimum Gasteiger partial charge on any atom is -0.192 e. The van der Waals surface area contributed by atoms with Crippen LogP contribution >= 0.6 is 23.4 Å². The van der Waals surface area contributed by atoms with Crippen LogP contribution in [0.1, 0.15) is 18.1 Å². The number of nitriles is 1. The first-order valence-electron chi connectivity index (χ1n) is 5.18. The van der Waals surface area contributed by atoms with E-state index in [1.54, 1.807) is 6.07 Å². The molecule has 0 aliphatic heterocycles. The lowest BCUT2D eigenvalue weighted by molar-refractivity contribution is -0.137. The summed E-state index contributed by atoms with van der Waals surface area (Å²) in [5, 5.41) is 8.75. The Kier molecular flexibility index (Phi) is 5.36. The van der Waals surface area contributed by atoms with Gasteiger partial charge in [-0.15, -0.1) is 23.4 Å². The second kappa shape index (κ2) is 6.35. The van der Waals surface area contributed by atoms with Crippen molar-refractivity contribution < 1.29 is 13.2 Å². The third-order valence-corrected chi connectivity index (χ3v) is 4.06. The number of hydrogen-bond acceptors (Lipinski definition) is 2. The van der Waals surface area contributed by atoms with Crippen LogP contribution < -0.4 is 0 Å². The van der Waals surface area contributed by atoms with Crippen molar-refractivity contribution in [1.29, 1.82) is 5.26 Å². The van der Waals surface area contributed by atoms with Gasteiger partial charge in [0.25, 0.3) is 0 Å². The zero-order valence-corrected chi connectivity index (χ0v) is 11.2. The highest BCUT2D eigenvalue weighted by Gasteiger charge is 2.33. The van der Waals surface area contributed by atoms with Gasteiger partial charge in [0.2, 0.25) is 0 Å². The summed E-state index contributed by atoms with van der Waals surface area (Å²) in [5.74, 6) is 1.47. The second-order valence-electron chi connectivity index (χ2n) is 3.89. The first-order valence-corrected chi connectivity index (χ1v) is 6.70. The number of thioether (sulfide) groups is 1. The van der Waals surface area contributed by atoms with Gasteiger partial charge in [0, 0.05) is 16.5 Å². The lowest BCUT2D eigenvalue weighted by Gasteiger charge is -2.11. The van der Waals surface area contributed by atoms with Crippen molar-refractivity contribution in [3.8, 4) is 6.07 Å². The molecule has 6 heteroatoms. The third kappa shape index (κ3) is 4.11. The molecule has 98 valence electrons. The van der Waals surface area contributed by atoms with Gasteiger partial charge < -0.3 is 0 Å². The second-order valence-corrected chi connectivity index (χ2v) is 5.29. The number of nitrogens with zero attached hydrogens (tertiary/aromatic N) is 1. The number of rotatable bonds is 4. The summed E-state index contributed by atoms with van der Waals surface area (Å²) < 4.78 is 37.7. The molecule has 0 bridgehead atoms. The summed E-state index contributed by atoms with van der Waals surface area (Å²) in [6, 6.07) is 5.19. The van der Waals surface area contributed by atoms with Gasteiger partial charge in [-0.2, -0.15) is 18.4 Å². The molecular formula is C12H11ClF3NS. The average molecular weight is 294 g/mol. The van der Waals surface area contributed by atoms with Crippen molar-refractivity contribution in [2.45, 2.75) is 18.0 Å². The van der Waals surface area contributed by atoms with E-state index in [1.165, 1.54) is 23.9 Å². The Morgan fingerprint density at radius 3 is 2.61 bits per heavy atom. The highest BCUT2D eigenvalue weighted by atomic mass is 35.5. The summed E-state index contributed by atoms with van der Waals surface area (Å²) in [5.41, 5.74) is -1.23. The summed E-state index contributed by atoms with van der Waals surface area (Å²) in [4.78, 5) is 0.650. The van der Waals surface area contributed by atoms with Gasteiger partial charge in [-0.1, -0.05) is 6.92 Å². The quantitative estimate of drug-likeness (QED) is 0.601. The molecule has 18 heavy (non-hydrogen) atoms. The summed E-state index contributed by atoms with van der Waals surface area (Å²) in [7, 11) is 0. The van der Waals surface area contributed by atoms with Gasteiger partial charge in [-0.25, -0.2) is 0 Å². The van der Waals surface area contributed by atoms with E-state index < -0.39 is 11.7 Å². The van der Waals surface area contributed by atoms with E-state index in [9.17, 15) is 13.2 Å². The Labute approximate surface area is 113 Å². The van der Waals surface area contributed by atoms with E-state index in [2.05, 4.69) is 0 Å². The molecule has 1 nitrogen and oxygen atoms in total. The molecule has 0 aliphatic carbocycles. The van der Waals surface area contributed by atoms with E-state index in [1.807, 2.05) is 6.92 Å². The van der Waals surface area contributed by atoms with Crippen LogP contribution in [0.15, 0.2) is 23.1 Å². The molecule has 0 spiro atoms. The summed E-state index contributed by atoms with van der Waals surface area (Å²) in [6.45, 7) is 1.95. The monoisotopic (exact) mass is 293 g/mol. The fraction of sp³-hybridized carbons (Fsp3) is 0.417. The average Bonchev–Trinajstić information content (AvgIpc) is 2.34. The van der Waals surface area contributed by atoms with E-state index in [0.29, 0.717) is 16.5 Å². The number of alkyl halides is 4. The van der Waals surface area contributed by atoms with Crippen LogP contribution in [0.4, 0.5) is 13.2 Å². The molecule has 0 N–H and O–H groups in total. The molecule has 1 atom stereocenters. The van der Waals surface area contributed by atoms with E-state index in [4.69, 9.17) is 16.9 Å². The Bertz CT molecular complexity index is 454.